The number of hydrogen-bond acceptors (Lipinski definition) is 4. The lowest BCUT2D eigenvalue weighted by Crippen LogP contribution is -2.74. The van der Waals surface area contributed by atoms with Crippen molar-refractivity contribution in [2.45, 2.75) is 44.8 Å². The smallest absolute Gasteiger partial charge is 0.410 e. The van der Waals surface area contributed by atoms with E-state index in [1.165, 1.54) is 4.90 Å². The van der Waals surface area contributed by atoms with E-state index in [-0.39, 0.29) is 13.1 Å². The van der Waals surface area contributed by atoms with Gasteiger partial charge in [-0.25, -0.2) is 4.79 Å². The standard InChI is InChI=1S/C13H22N2O4/c1-12(2,3)19-11(18)14-8-13(9-14,10(16)17)15-6-4-5-7-15/h4-9H2,1-3H3,(H,16,17). The van der Waals surface area contributed by atoms with Crippen LogP contribution in [0.1, 0.15) is 33.6 Å². The van der Waals surface area contributed by atoms with Crippen LogP contribution in [-0.2, 0) is 9.53 Å². The molecule has 2 heterocycles. The van der Waals surface area contributed by atoms with Crippen LogP contribution in [0.5, 0.6) is 0 Å². The molecule has 0 aromatic carbocycles. The van der Waals surface area contributed by atoms with Crippen LogP contribution < -0.4 is 0 Å². The van der Waals surface area contributed by atoms with Gasteiger partial charge in [0.15, 0.2) is 5.54 Å². The summed E-state index contributed by atoms with van der Waals surface area (Å²) >= 11 is 0. The van der Waals surface area contributed by atoms with Gasteiger partial charge in [-0.3, -0.25) is 9.69 Å². The minimum absolute atomic E-state index is 0.219. The maximum Gasteiger partial charge on any atom is 0.410 e. The van der Waals surface area contributed by atoms with E-state index in [9.17, 15) is 14.7 Å². The van der Waals surface area contributed by atoms with Crippen molar-refractivity contribution >= 4 is 12.1 Å². The average Bonchev–Trinajstić information content (AvgIpc) is 2.65. The Morgan fingerprint density at radius 1 is 1.16 bits per heavy atom. The molecule has 0 aromatic heterocycles. The van der Waals surface area contributed by atoms with E-state index in [1.807, 2.05) is 4.90 Å². The summed E-state index contributed by atoms with van der Waals surface area (Å²) in [6.45, 7) is 7.44. The highest BCUT2D eigenvalue weighted by Crippen LogP contribution is 2.32. The van der Waals surface area contributed by atoms with Gasteiger partial charge in [0.1, 0.15) is 5.60 Å². The van der Waals surface area contributed by atoms with Crippen molar-refractivity contribution in [1.82, 2.24) is 9.80 Å². The fourth-order valence-corrected chi connectivity index (χ4v) is 2.66. The molecule has 6 nitrogen and oxygen atoms in total. The number of carboxylic acid groups (broad SMARTS) is 1. The largest absolute Gasteiger partial charge is 0.480 e. The summed E-state index contributed by atoms with van der Waals surface area (Å²) in [5.74, 6) is -0.839. The van der Waals surface area contributed by atoms with Crippen LogP contribution in [0.4, 0.5) is 4.79 Å². The van der Waals surface area contributed by atoms with Gasteiger partial charge < -0.3 is 14.7 Å². The lowest BCUT2D eigenvalue weighted by molar-refractivity contribution is -0.162. The molecule has 0 unspecified atom stereocenters. The van der Waals surface area contributed by atoms with E-state index in [2.05, 4.69) is 0 Å². The molecule has 6 heteroatoms. The molecule has 2 fully saturated rings. The second kappa shape index (κ2) is 4.67. The van der Waals surface area contributed by atoms with Crippen molar-refractivity contribution in [2.75, 3.05) is 26.2 Å². The summed E-state index contributed by atoms with van der Waals surface area (Å²) in [7, 11) is 0. The zero-order chi connectivity index (χ0) is 14.3. The van der Waals surface area contributed by atoms with Crippen LogP contribution in [0.15, 0.2) is 0 Å². The van der Waals surface area contributed by atoms with E-state index in [1.54, 1.807) is 20.8 Å². The first kappa shape index (κ1) is 14.1. The van der Waals surface area contributed by atoms with E-state index < -0.39 is 23.2 Å². The molecule has 2 aliphatic rings. The number of amides is 1. The van der Waals surface area contributed by atoms with Crippen molar-refractivity contribution in [1.29, 1.82) is 0 Å². The maximum atomic E-state index is 11.9. The van der Waals surface area contributed by atoms with E-state index >= 15 is 0 Å². The number of likely N-dealkylation sites (tertiary alicyclic amines) is 2. The van der Waals surface area contributed by atoms with Gasteiger partial charge in [-0.05, 0) is 46.7 Å². The minimum Gasteiger partial charge on any atom is -0.480 e. The molecular weight excluding hydrogens is 248 g/mol. The summed E-state index contributed by atoms with van der Waals surface area (Å²) in [6.07, 6.45) is 1.63. The van der Waals surface area contributed by atoms with Gasteiger partial charge >= 0.3 is 12.1 Å². The van der Waals surface area contributed by atoms with Gasteiger partial charge in [0, 0.05) is 0 Å². The van der Waals surface area contributed by atoms with Gasteiger partial charge in [0.05, 0.1) is 13.1 Å². The van der Waals surface area contributed by atoms with Crippen LogP contribution in [0.25, 0.3) is 0 Å². The van der Waals surface area contributed by atoms with E-state index in [0.29, 0.717) is 0 Å². The minimum atomic E-state index is -0.895. The number of carbonyl (C=O) groups excluding carboxylic acids is 1. The highest BCUT2D eigenvalue weighted by molar-refractivity contribution is 5.84. The normalized spacial score (nSPS) is 23.0. The summed E-state index contributed by atoms with van der Waals surface area (Å²) in [5.41, 5.74) is -1.44. The first-order chi connectivity index (χ1) is 8.74. The van der Waals surface area contributed by atoms with Gasteiger partial charge in [0.25, 0.3) is 0 Å². The van der Waals surface area contributed by atoms with E-state index in [4.69, 9.17) is 4.74 Å². The zero-order valence-corrected chi connectivity index (χ0v) is 11.8. The van der Waals surface area contributed by atoms with Crippen molar-refractivity contribution in [3.8, 4) is 0 Å². The summed E-state index contributed by atoms with van der Waals surface area (Å²) in [5, 5.41) is 9.46. The molecule has 2 aliphatic heterocycles. The molecule has 0 aliphatic carbocycles. The molecule has 1 amide bonds. The first-order valence-corrected chi connectivity index (χ1v) is 6.71. The molecule has 108 valence electrons. The topological polar surface area (TPSA) is 70.1 Å². The Labute approximate surface area is 113 Å². The highest BCUT2D eigenvalue weighted by Gasteiger charge is 2.56. The molecule has 2 rings (SSSR count). The van der Waals surface area contributed by atoms with Crippen LogP contribution in [0.3, 0.4) is 0 Å². The number of hydrogen-bond donors (Lipinski definition) is 1. The van der Waals surface area contributed by atoms with Crippen molar-refractivity contribution < 1.29 is 19.4 Å². The fourth-order valence-electron chi connectivity index (χ4n) is 2.66. The maximum absolute atomic E-state index is 11.9. The molecule has 0 spiro atoms. The second-order valence-corrected chi connectivity index (χ2v) is 6.37. The number of nitrogens with zero attached hydrogens (tertiary/aromatic N) is 2. The Morgan fingerprint density at radius 2 is 1.68 bits per heavy atom. The number of ether oxygens (including phenoxy) is 1. The van der Waals surface area contributed by atoms with Crippen molar-refractivity contribution in [3.63, 3.8) is 0 Å². The van der Waals surface area contributed by atoms with Crippen LogP contribution >= 0.6 is 0 Å². The quantitative estimate of drug-likeness (QED) is 0.815. The third-order valence-corrected chi connectivity index (χ3v) is 3.67. The van der Waals surface area contributed by atoms with Crippen LogP contribution in [0.2, 0.25) is 0 Å². The molecule has 0 bridgehead atoms. The van der Waals surface area contributed by atoms with Crippen LogP contribution in [-0.4, -0.2) is 64.3 Å². The predicted octanol–water partition coefficient (Wildman–Crippen LogP) is 1.16. The third-order valence-electron chi connectivity index (χ3n) is 3.67. The molecule has 0 saturated carbocycles. The first-order valence-electron chi connectivity index (χ1n) is 6.71. The fraction of sp³-hybridized carbons (Fsp3) is 0.846. The summed E-state index contributed by atoms with van der Waals surface area (Å²) in [6, 6.07) is 0. The molecular formula is C13H22N2O4. The molecule has 1 N–H and O–H groups in total. The van der Waals surface area contributed by atoms with Crippen molar-refractivity contribution in [2.24, 2.45) is 0 Å². The SMILES string of the molecule is CC(C)(C)OC(=O)N1CC(C(=O)O)(N2CCCC2)C1. The van der Waals surface area contributed by atoms with Crippen LogP contribution in [0, 0.1) is 0 Å². The monoisotopic (exact) mass is 270 g/mol. The Bertz CT molecular complexity index is 377. The summed E-state index contributed by atoms with van der Waals surface area (Å²) < 4.78 is 5.25. The molecule has 0 radical (unpaired) electrons. The molecule has 0 aromatic rings. The van der Waals surface area contributed by atoms with Gasteiger partial charge in [-0.1, -0.05) is 0 Å². The second-order valence-electron chi connectivity index (χ2n) is 6.37. The number of aliphatic carboxylic acids is 1. The summed E-state index contributed by atoms with van der Waals surface area (Å²) in [4.78, 5) is 26.8. The number of carboxylic acids is 1. The molecule has 2 saturated heterocycles. The lowest BCUT2D eigenvalue weighted by Gasteiger charge is -2.51. The van der Waals surface area contributed by atoms with Gasteiger partial charge in [0.2, 0.25) is 0 Å². The third kappa shape index (κ3) is 2.68. The highest BCUT2D eigenvalue weighted by atomic mass is 16.6. The lowest BCUT2D eigenvalue weighted by atomic mass is 9.88. The Balaban J connectivity index is 1.98. The Kier molecular flexibility index (Phi) is 3.47. The molecule has 0 atom stereocenters. The average molecular weight is 270 g/mol. The van der Waals surface area contributed by atoms with E-state index in [0.717, 1.165) is 25.9 Å². The van der Waals surface area contributed by atoms with Gasteiger partial charge in [-0.2, -0.15) is 0 Å². The van der Waals surface area contributed by atoms with Crippen molar-refractivity contribution in [3.05, 3.63) is 0 Å². The Morgan fingerprint density at radius 3 is 2.11 bits per heavy atom. The molecule has 19 heavy (non-hydrogen) atoms. The zero-order valence-electron chi connectivity index (χ0n) is 11.8. The number of carbonyl (C=O) groups is 2. The predicted molar refractivity (Wildman–Crippen MR) is 69.0 cm³/mol. The number of rotatable bonds is 2. The van der Waals surface area contributed by atoms with Gasteiger partial charge in [-0.15, -0.1) is 0 Å². The Hall–Kier alpha value is -1.30.